The summed E-state index contributed by atoms with van der Waals surface area (Å²) in [5, 5.41) is 0. The normalized spacial score (nSPS) is 13.9. The first-order chi connectivity index (χ1) is 8.77. The topological polar surface area (TPSA) is 20.3 Å². The first-order valence-corrected chi connectivity index (χ1v) is 6.17. The first-order valence-electron chi connectivity index (χ1n) is 5.76. The van der Waals surface area contributed by atoms with Gasteiger partial charge in [0.05, 0.1) is 12.1 Å². The summed E-state index contributed by atoms with van der Waals surface area (Å²) in [6, 6.07) is 17.4. The lowest BCUT2D eigenvalue weighted by Gasteiger charge is -2.15. The molecular formula is C15H11NOS. The molecule has 0 saturated heterocycles. The Balaban J connectivity index is 1.93. The summed E-state index contributed by atoms with van der Waals surface area (Å²) in [5.74, 6) is -0.000506. The van der Waals surface area contributed by atoms with Crippen molar-refractivity contribution in [3.63, 3.8) is 0 Å². The first kappa shape index (κ1) is 11.1. The van der Waals surface area contributed by atoms with Gasteiger partial charge in [0.1, 0.15) is 4.99 Å². The number of hydrogen-bond acceptors (Lipinski definition) is 2. The van der Waals surface area contributed by atoms with Crippen LogP contribution in [0.5, 0.6) is 0 Å². The number of carbonyl (C=O) groups excluding carboxylic acids is 1. The van der Waals surface area contributed by atoms with Crippen LogP contribution in [0.3, 0.4) is 0 Å². The van der Waals surface area contributed by atoms with Crippen molar-refractivity contribution in [2.75, 3.05) is 0 Å². The third-order valence-electron chi connectivity index (χ3n) is 3.06. The molecule has 3 rings (SSSR count). The highest BCUT2D eigenvalue weighted by molar-refractivity contribution is 7.80. The maximum atomic E-state index is 12.2. The average molecular weight is 253 g/mol. The standard InChI is InChI=1S/C15H11NOS/c17-14-12-8-4-5-9-13(12)15(18)16(14)10-11-6-2-1-3-7-11/h1-9H,10H2. The van der Waals surface area contributed by atoms with Crippen LogP contribution in [0, 0.1) is 0 Å². The van der Waals surface area contributed by atoms with Crippen LogP contribution in [0.25, 0.3) is 0 Å². The van der Waals surface area contributed by atoms with Crippen molar-refractivity contribution in [1.29, 1.82) is 0 Å². The molecule has 0 bridgehead atoms. The van der Waals surface area contributed by atoms with Crippen molar-refractivity contribution < 1.29 is 4.79 Å². The third kappa shape index (κ3) is 1.73. The molecule has 2 nitrogen and oxygen atoms in total. The summed E-state index contributed by atoms with van der Waals surface area (Å²) in [4.78, 5) is 14.5. The Morgan fingerprint density at radius 3 is 2.17 bits per heavy atom. The number of fused-ring (bicyclic) bond motifs is 1. The minimum absolute atomic E-state index is 0.000506. The summed E-state index contributed by atoms with van der Waals surface area (Å²) in [5.41, 5.74) is 2.66. The molecule has 3 heteroatoms. The Bertz CT molecular complexity index is 586. The van der Waals surface area contributed by atoms with Gasteiger partial charge in [-0.3, -0.25) is 9.69 Å². The van der Waals surface area contributed by atoms with Gasteiger partial charge < -0.3 is 0 Å². The molecular weight excluding hydrogens is 242 g/mol. The Labute approximate surface area is 111 Å². The Morgan fingerprint density at radius 1 is 0.889 bits per heavy atom. The summed E-state index contributed by atoms with van der Waals surface area (Å²) >= 11 is 5.38. The minimum atomic E-state index is -0.000506. The summed E-state index contributed by atoms with van der Waals surface area (Å²) < 4.78 is 0. The molecule has 0 saturated carbocycles. The van der Waals surface area contributed by atoms with Crippen LogP contribution in [0.2, 0.25) is 0 Å². The second kappa shape index (κ2) is 4.35. The van der Waals surface area contributed by atoms with E-state index < -0.39 is 0 Å². The van der Waals surface area contributed by atoms with Crippen LogP contribution in [0.4, 0.5) is 0 Å². The zero-order chi connectivity index (χ0) is 12.5. The molecule has 88 valence electrons. The molecule has 1 aliphatic heterocycles. The summed E-state index contributed by atoms with van der Waals surface area (Å²) in [6.45, 7) is 0.535. The number of nitrogens with zero attached hydrogens (tertiary/aromatic N) is 1. The van der Waals surface area contributed by atoms with Crippen LogP contribution in [0.1, 0.15) is 21.5 Å². The Morgan fingerprint density at radius 2 is 1.50 bits per heavy atom. The zero-order valence-electron chi connectivity index (χ0n) is 9.67. The maximum Gasteiger partial charge on any atom is 0.259 e. The van der Waals surface area contributed by atoms with E-state index in [4.69, 9.17) is 12.2 Å². The van der Waals surface area contributed by atoms with Gasteiger partial charge in [-0.15, -0.1) is 0 Å². The number of carbonyl (C=O) groups is 1. The van der Waals surface area contributed by atoms with Gasteiger partial charge >= 0.3 is 0 Å². The molecule has 0 aliphatic carbocycles. The van der Waals surface area contributed by atoms with E-state index >= 15 is 0 Å². The molecule has 18 heavy (non-hydrogen) atoms. The molecule has 0 spiro atoms. The van der Waals surface area contributed by atoms with Crippen LogP contribution in [0.15, 0.2) is 54.6 Å². The van der Waals surface area contributed by atoms with E-state index in [1.807, 2.05) is 54.6 Å². The molecule has 0 radical (unpaired) electrons. The van der Waals surface area contributed by atoms with Gasteiger partial charge in [0.2, 0.25) is 0 Å². The fourth-order valence-corrected chi connectivity index (χ4v) is 2.47. The molecule has 1 aliphatic rings. The average Bonchev–Trinajstić information content (AvgIpc) is 2.66. The molecule has 1 heterocycles. The van der Waals surface area contributed by atoms with Crippen molar-refractivity contribution in [2.45, 2.75) is 6.54 Å². The van der Waals surface area contributed by atoms with E-state index in [-0.39, 0.29) is 5.91 Å². The van der Waals surface area contributed by atoms with Crippen molar-refractivity contribution in [2.24, 2.45) is 0 Å². The number of amides is 1. The molecule has 2 aromatic rings. The van der Waals surface area contributed by atoms with Crippen molar-refractivity contribution >= 4 is 23.1 Å². The van der Waals surface area contributed by atoms with Gasteiger partial charge in [0.15, 0.2) is 0 Å². The van der Waals surface area contributed by atoms with Crippen LogP contribution >= 0.6 is 12.2 Å². The van der Waals surface area contributed by atoms with Gasteiger partial charge in [0.25, 0.3) is 5.91 Å². The zero-order valence-corrected chi connectivity index (χ0v) is 10.5. The highest BCUT2D eigenvalue weighted by Crippen LogP contribution is 2.24. The van der Waals surface area contributed by atoms with E-state index in [9.17, 15) is 4.79 Å². The van der Waals surface area contributed by atoms with Gasteiger partial charge in [0, 0.05) is 5.56 Å². The van der Waals surface area contributed by atoms with Gasteiger partial charge in [-0.2, -0.15) is 0 Å². The van der Waals surface area contributed by atoms with E-state index in [1.54, 1.807) is 4.90 Å². The van der Waals surface area contributed by atoms with Crippen molar-refractivity contribution in [1.82, 2.24) is 4.90 Å². The lowest BCUT2D eigenvalue weighted by atomic mass is 10.1. The van der Waals surface area contributed by atoms with E-state index in [1.165, 1.54) is 0 Å². The van der Waals surface area contributed by atoms with Gasteiger partial charge in [-0.1, -0.05) is 60.7 Å². The number of thiocarbonyl (C=S) groups is 1. The minimum Gasteiger partial charge on any atom is -0.294 e. The number of hydrogen-bond donors (Lipinski definition) is 0. The molecule has 2 aromatic carbocycles. The Hall–Kier alpha value is -2.00. The van der Waals surface area contributed by atoms with Crippen LogP contribution in [-0.2, 0) is 6.54 Å². The molecule has 0 fully saturated rings. The second-order valence-electron chi connectivity index (χ2n) is 4.23. The lowest BCUT2D eigenvalue weighted by Crippen LogP contribution is -2.28. The van der Waals surface area contributed by atoms with Gasteiger partial charge in [-0.25, -0.2) is 0 Å². The fraction of sp³-hybridized carbons (Fsp3) is 0.0667. The highest BCUT2D eigenvalue weighted by atomic mass is 32.1. The SMILES string of the molecule is O=C1c2ccccc2C(=S)N1Cc1ccccc1. The smallest absolute Gasteiger partial charge is 0.259 e. The molecule has 0 N–H and O–H groups in total. The molecule has 0 aromatic heterocycles. The predicted octanol–water partition coefficient (Wildman–Crippen LogP) is 3.02. The van der Waals surface area contributed by atoms with E-state index in [2.05, 4.69) is 0 Å². The third-order valence-corrected chi connectivity index (χ3v) is 3.50. The van der Waals surface area contributed by atoms with Gasteiger partial charge in [-0.05, 0) is 11.6 Å². The quantitative estimate of drug-likeness (QED) is 0.767. The maximum absolute atomic E-state index is 12.2. The van der Waals surface area contributed by atoms with E-state index in [0.717, 1.165) is 11.1 Å². The largest absolute Gasteiger partial charge is 0.294 e. The second-order valence-corrected chi connectivity index (χ2v) is 4.61. The molecule has 0 unspecified atom stereocenters. The fourth-order valence-electron chi connectivity index (χ4n) is 2.15. The summed E-state index contributed by atoms with van der Waals surface area (Å²) in [6.07, 6.45) is 0. The summed E-state index contributed by atoms with van der Waals surface area (Å²) in [7, 11) is 0. The van der Waals surface area contributed by atoms with E-state index in [0.29, 0.717) is 17.1 Å². The van der Waals surface area contributed by atoms with Crippen LogP contribution in [-0.4, -0.2) is 15.8 Å². The number of benzene rings is 2. The van der Waals surface area contributed by atoms with Crippen LogP contribution < -0.4 is 0 Å². The molecule has 1 amide bonds. The monoisotopic (exact) mass is 253 g/mol. The lowest BCUT2D eigenvalue weighted by molar-refractivity contribution is 0.0855. The van der Waals surface area contributed by atoms with Crippen molar-refractivity contribution in [3.8, 4) is 0 Å². The Kier molecular flexibility index (Phi) is 2.68. The predicted molar refractivity (Wildman–Crippen MR) is 74.5 cm³/mol. The highest BCUT2D eigenvalue weighted by Gasteiger charge is 2.31. The number of rotatable bonds is 2. The van der Waals surface area contributed by atoms with Crippen molar-refractivity contribution in [3.05, 3.63) is 71.3 Å². The molecule has 0 atom stereocenters.